The molecule has 2 aliphatic rings. The molecule has 5 nitrogen and oxygen atoms in total. The number of carbonyl (C=O) groups is 2. The van der Waals surface area contributed by atoms with Gasteiger partial charge in [-0.1, -0.05) is 19.1 Å². The molecule has 0 aliphatic carbocycles. The lowest BCUT2D eigenvalue weighted by molar-refractivity contribution is -0.129. The summed E-state index contributed by atoms with van der Waals surface area (Å²) >= 11 is 0. The molecule has 3 rings (SSSR count). The third kappa shape index (κ3) is 2.81. The zero-order valence-corrected chi connectivity index (χ0v) is 15.0. The minimum absolute atomic E-state index is 0.00333. The van der Waals surface area contributed by atoms with Gasteiger partial charge in [-0.25, -0.2) is 0 Å². The van der Waals surface area contributed by atoms with E-state index in [9.17, 15) is 9.59 Å². The van der Waals surface area contributed by atoms with Crippen molar-refractivity contribution >= 4 is 23.2 Å². The van der Waals surface area contributed by atoms with E-state index in [0.717, 1.165) is 25.2 Å². The van der Waals surface area contributed by atoms with E-state index in [4.69, 9.17) is 0 Å². The van der Waals surface area contributed by atoms with Gasteiger partial charge in [-0.3, -0.25) is 19.4 Å². The van der Waals surface area contributed by atoms with Crippen molar-refractivity contribution in [2.75, 3.05) is 23.3 Å². The summed E-state index contributed by atoms with van der Waals surface area (Å²) in [6, 6.07) is 7.29. The van der Waals surface area contributed by atoms with E-state index in [1.54, 1.807) is 4.90 Å². The zero-order valence-electron chi connectivity index (χ0n) is 15.0. The molecule has 0 unspecified atom stereocenters. The van der Waals surface area contributed by atoms with Crippen LogP contribution >= 0.6 is 0 Å². The average molecular weight is 329 g/mol. The molecule has 1 aromatic carbocycles. The number of benzene rings is 1. The Morgan fingerprint density at radius 2 is 2.04 bits per heavy atom. The predicted octanol–water partition coefficient (Wildman–Crippen LogP) is 2.87. The Morgan fingerprint density at radius 1 is 1.33 bits per heavy atom. The van der Waals surface area contributed by atoms with Crippen molar-refractivity contribution in [3.05, 3.63) is 24.3 Å². The number of hydrogen-bond donors (Lipinski definition) is 1. The van der Waals surface area contributed by atoms with Crippen LogP contribution in [-0.4, -0.2) is 41.4 Å². The maximum absolute atomic E-state index is 13.3. The van der Waals surface area contributed by atoms with Gasteiger partial charge in [0.05, 0.1) is 17.4 Å². The summed E-state index contributed by atoms with van der Waals surface area (Å²) in [6.07, 6.45) is 2.34. The number of nitrogens with zero attached hydrogens (tertiary/aromatic N) is 2. The van der Waals surface area contributed by atoms with Crippen molar-refractivity contribution in [1.29, 1.82) is 0 Å². The number of fused-ring (bicyclic) bond motifs is 1. The SMILES string of the molecule is C[C@@H]1CCCN([C@@H](C)C(=O)N2c3ccccc3NC(=O)C2(C)C)C1. The Bertz CT molecular complexity index is 656. The first-order valence-corrected chi connectivity index (χ1v) is 8.81. The maximum Gasteiger partial charge on any atom is 0.250 e. The molecule has 130 valence electrons. The number of likely N-dealkylation sites (tertiary alicyclic amines) is 1. The second-order valence-corrected chi connectivity index (χ2v) is 7.62. The van der Waals surface area contributed by atoms with E-state index in [2.05, 4.69) is 17.1 Å². The molecule has 2 amide bonds. The fraction of sp³-hybridized carbons (Fsp3) is 0.579. The molecule has 0 saturated carbocycles. The van der Waals surface area contributed by atoms with Crippen LogP contribution in [0.15, 0.2) is 24.3 Å². The molecule has 0 aromatic heterocycles. The minimum Gasteiger partial charge on any atom is -0.322 e. The number of nitrogens with one attached hydrogen (secondary N) is 1. The van der Waals surface area contributed by atoms with E-state index in [1.807, 2.05) is 45.0 Å². The maximum atomic E-state index is 13.3. The Hall–Kier alpha value is -1.88. The zero-order chi connectivity index (χ0) is 17.5. The van der Waals surface area contributed by atoms with Crippen LogP contribution in [0, 0.1) is 5.92 Å². The highest BCUT2D eigenvalue weighted by molar-refractivity contribution is 6.15. The van der Waals surface area contributed by atoms with Crippen LogP contribution in [0.4, 0.5) is 11.4 Å². The van der Waals surface area contributed by atoms with E-state index >= 15 is 0 Å². The Balaban J connectivity index is 1.93. The number of amides is 2. The van der Waals surface area contributed by atoms with Gasteiger partial charge in [0.2, 0.25) is 11.8 Å². The lowest BCUT2D eigenvalue weighted by Gasteiger charge is -2.45. The molecule has 2 heterocycles. The summed E-state index contributed by atoms with van der Waals surface area (Å²) in [5, 5.41) is 2.91. The Labute approximate surface area is 144 Å². The van der Waals surface area contributed by atoms with Crippen molar-refractivity contribution < 1.29 is 9.59 Å². The van der Waals surface area contributed by atoms with Crippen molar-refractivity contribution in [3.8, 4) is 0 Å². The van der Waals surface area contributed by atoms with Crippen LogP contribution in [-0.2, 0) is 9.59 Å². The van der Waals surface area contributed by atoms with Gasteiger partial charge >= 0.3 is 0 Å². The number of para-hydroxylation sites is 2. The molecular formula is C19H27N3O2. The number of anilines is 2. The van der Waals surface area contributed by atoms with Crippen LogP contribution in [0.25, 0.3) is 0 Å². The van der Waals surface area contributed by atoms with Crippen molar-refractivity contribution in [2.45, 2.75) is 52.1 Å². The molecule has 0 radical (unpaired) electrons. The number of hydrogen-bond acceptors (Lipinski definition) is 3. The third-order valence-electron chi connectivity index (χ3n) is 5.32. The standard InChI is InChI=1S/C19H27N3O2/c1-13-8-7-11-21(12-13)14(2)17(23)22-16-10-6-5-9-15(16)20-18(24)19(22,3)4/h5-6,9-10,13-14H,7-8,11-12H2,1-4H3,(H,20,24)/t13-,14+/m1/s1. The first kappa shape index (κ1) is 17.0. The van der Waals surface area contributed by atoms with Gasteiger partial charge in [-0.2, -0.15) is 0 Å². The fourth-order valence-corrected chi connectivity index (χ4v) is 3.77. The van der Waals surface area contributed by atoms with Gasteiger partial charge in [-0.05, 0) is 58.2 Å². The van der Waals surface area contributed by atoms with Crippen LogP contribution < -0.4 is 10.2 Å². The lowest BCUT2D eigenvalue weighted by atomic mass is 9.94. The lowest BCUT2D eigenvalue weighted by Crippen LogP contribution is -2.62. The quantitative estimate of drug-likeness (QED) is 0.908. The van der Waals surface area contributed by atoms with Crippen LogP contribution in [0.1, 0.15) is 40.5 Å². The third-order valence-corrected chi connectivity index (χ3v) is 5.32. The number of rotatable bonds is 2. The number of carbonyl (C=O) groups excluding carboxylic acids is 2. The van der Waals surface area contributed by atoms with Crippen molar-refractivity contribution in [2.24, 2.45) is 5.92 Å². The monoisotopic (exact) mass is 329 g/mol. The second kappa shape index (κ2) is 6.20. The van der Waals surface area contributed by atoms with Gasteiger partial charge in [0.25, 0.3) is 0 Å². The van der Waals surface area contributed by atoms with E-state index in [1.165, 1.54) is 6.42 Å². The fourth-order valence-electron chi connectivity index (χ4n) is 3.77. The predicted molar refractivity (Wildman–Crippen MR) is 96.1 cm³/mol. The molecule has 1 fully saturated rings. The van der Waals surface area contributed by atoms with Gasteiger partial charge in [0.15, 0.2) is 0 Å². The summed E-state index contributed by atoms with van der Waals surface area (Å²) < 4.78 is 0. The summed E-state index contributed by atoms with van der Waals surface area (Å²) in [6.45, 7) is 9.69. The minimum atomic E-state index is -0.902. The molecule has 24 heavy (non-hydrogen) atoms. The topological polar surface area (TPSA) is 52.7 Å². The van der Waals surface area contributed by atoms with Gasteiger partial charge < -0.3 is 5.32 Å². The van der Waals surface area contributed by atoms with Gasteiger partial charge in [0.1, 0.15) is 5.54 Å². The molecular weight excluding hydrogens is 302 g/mol. The largest absolute Gasteiger partial charge is 0.322 e. The molecule has 0 spiro atoms. The highest BCUT2D eigenvalue weighted by Crippen LogP contribution is 2.37. The second-order valence-electron chi connectivity index (χ2n) is 7.62. The van der Waals surface area contributed by atoms with E-state index in [0.29, 0.717) is 11.6 Å². The summed E-state index contributed by atoms with van der Waals surface area (Å²) in [5.74, 6) is 0.462. The van der Waals surface area contributed by atoms with Crippen molar-refractivity contribution in [1.82, 2.24) is 4.90 Å². The molecule has 1 saturated heterocycles. The summed E-state index contributed by atoms with van der Waals surface area (Å²) in [5.41, 5.74) is 0.583. The summed E-state index contributed by atoms with van der Waals surface area (Å²) in [7, 11) is 0. The Morgan fingerprint density at radius 3 is 2.75 bits per heavy atom. The van der Waals surface area contributed by atoms with Crippen LogP contribution in [0.5, 0.6) is 0 Å². The van der Waals surface area contributed by atoms with E-state index < -0.39 is 5.54 Å². The molecule has 2 aliphatic heterocycles. The highest BCUT2D eigenvalue weighted by Gasteiger charge is 2.45. The first-order valence-electron chi connectivity index (χ1n) is 8.81. The average Bonchev–Trinajstić information content (AvgIpc) is 2.54. The number of piperidine rings is 1. The molecule has 1 N–H and O–H groups in total. The molecule has 1 aromatic rings. The van der Waals surface area contributed by atoms with E-state index in [-0.39, 0.29) is 17.9 Å². The smallest absolute Gasteiger partial charge is 0.250 e. The molecule has 2 atom stereocenters. The molecule has 0 bridgehead atoms. The van der Waals surface area contributed by atoms with Gasteiger partial charge in [-0.15, -0.1) is 0 Å². The highest BCUT2D eigenvalue weighted by atomic mass is 16.2. The molecule has 5 heteroatoms. The first-order chi connectivity index (χ1) is 11.3. The van der Waals surface area contributed by atoms with Gasteiger partial charge in [0, 0.05) is 6.54 Å². The van der Waals surface area contributed by atoms with Crippen molar-refractivity contribution in [3.63, 3.8) is 0 Å². The Kier molecular flexibility index (Phi) is 4.38. The summed E-state index contributed by atoms with van der Waals surface area (Å²) in [4.78, 5) is 29.8. The normalized spacial score (nSPS) is 24.9. The van der Waals surface area contributed by atoms with Crippen LogP contribution in [0.2, 0.25) is 0 Å². The van der Waals surface area contributed by atoms with Crippen LogP contribution in [0.3, 0.4) is 0 Å².